The van der Waals surface area contributed by atoms with Crippen molar-refractivity contribution in [2.45, 2.75) is 81.7 Å². The SMILES string of the molecule is CC1(c2ccc(O)cc2)COc2cc(O)ccc2C1c1ccc(OCCCCCCC(CCCC(F)(F)C(F)(F)F)C(=O)O)cc1. The maximum atomic E-state index is 13.1. The van der Waals surface area contributed by atoms with Crippen molar-refractivity contribution in [1.29, 1.82) is 0 Å². The second-order valence-corrected chi connectivity index (χ2v) is 12.2. The van der Waals surface area contributed by atoms with Gasteiger partial charge in [-0.05, 0) is 67.1 Å². The maximum absolute atomic E-state index is 13.1. The highest BCUT2D eigenvalue weighted by atomic mass is 19.4. The van der Waals surface area contributed by atoms with Gasteiger partial charge >= 0.3 is 18.1 Å². The summed E-state index contributed by atoms with van der Waals surface area (Å²) in [7, 11) is 0. The number of hydrogen-bond donors (Lipinski definition) is 3. The predicted octanol–water partition coefficient (Wildman–Crippen LogP) is 8.98. The standard InChI is InChI=1S/C35H39F5O6/c1-33(25-11-13-26(41)14-12-25)22-46-30-21-27(42)15-18-29(30)31(33)23-9-16-28(17-10-23)45-20-5-3-2-4-7-24(32(43)44)8-6-19-34(36,37)35(38,39)40/h9-18,21,24,31,41-42H,2-8,19-20,22H2,1H3,(H,43,44). The third-order valence-corrected chi connectivity index (χ3v) is 8.74. The highest BCUT2D eigenvalue weighted by molar-refractivity contribution is 5.69. The lowest BCUT2D eigenvalue weighted by Crippen LogP contribution is -2.40. The zero-order valence-corrected chi connectivity index (χ0v) is 25.5. The Morgan fingerprint density at radius 1 is 0.891 bits per heavy atom. The lowest BCUT2D eigenvalue weighted by Gasteiger charge is -2.43. The average Bonchev–Trinajstić information content (AvgIpc) is 2.99. The molecule has 1 aliphatic rings. The van der Waals surface area contributed by atoms with Crippen LogP contribution in [0.5, 0.6) is 23.0 Å². The van der Waals surface area contributed by atoms with E-state index in [-0.39, 0.29) is 30.3 Å². The van der Waals surface area contributed by atoms with E-state index in [2.05, 4.69) is 6.92 Å². The van der Waals surface area contributed by atoms with E-state index in [0.29, 0.717) is 44.0 Å². The Hall–Kier alpha value is -4.02. The summed E-state index contributed by atoms with van der Waals surface area (Å²) in [5.74, 6) is -5.50. The molecule has 3 aromatic carbocycles. The Morgan fingerprint density at radius 3 is 2.17 bits per heavy atom. The Balaban J connectivity index is 1.28. The van der Waals surface area contributed by atoms with Crippen molar-refractivity contribution in [3.8, 4) is 23.0 Å². The molecule has 3 aromatic rings. The van der Waals surface area contributed by atoms with Crippen LogP contribution in [0.4, 0.5) is 22.0 Å². The molecule has 0 bridgehead atoms. The number of unbranched alkanes of at least 4 members (excludes halogenated alkanes) is 3. The van der Waals surface area contributed by atoms with E-state index in [4.69, 9.17) is 9.47 Å². The van der Waals surface area contributed by atoms with Crippen molar-refractivity contribution >= 4 is 5.97 Å². The van der Waals surface area contributed by atoms with Gasteiger partial charge in [0.05, 0.1) is 19.1 Å². The zero-order valence-electron chi connectivity index (χ0n) is 25.5. The molecule has 4 rings (SSSR count). The van der Waals surface area contributed by atoms with Gasteiger partial charge in [0.2, 0.25) is 0 Å². The van der Waals surface area contributed by atoms with Crippen molar-refractivity contribution in [3.63, 3.8) is 0 Å². The molecule has 1 aliphatic heterocycles. The van der Waals surface area contributed by atoms with Gasteiger partial charge in [0.1, 0.15) is 23.0 Å². The van der Waals surface area contributed by atoms with Gasteiger partial charge in [-0.1, -0.05) is 56.5 Å². The fourth-order valence-corrected chi connectivity index (χ4v) is 6.08. The van der Waals surface area contributed by atoms with Gasteiger partial charge in [0.25, 0.3) is 0 Å². The van der Waals surface area contributed by atoms with Crippen molar-refractivity contribution in [2.75, 3.05) is 13.2 Å². The number of aliphatic carboxylic acids is 1. The number of phenolic OH excluding ortho intramolecular Hbond substituents is 2. The summed E-state index contributed by atoms with van der Waals surface area (Å²) in [6.45, 7) is 2.90. The van der Waals surface area contributed by atoms with Crippen LogP contribution >= 0.6 is 0 Å². The quantitative estimate of drug-likeness (QED) is 0.112. The molecule has 11 heteroatoms. The third kappa shape index (κ3) is 8.41. The monoisotopic (exact) mass is 650 g/mol. The summed E-state index contributed by atoms with van der Waals surface area (Å²) in [6.07, 6.45) is -4.93. The van der Waals surface area contributed by atoms with Crippen LogP contribution < -0.4 is 9.47 Å². The predicted molar refractivity (Wildman–Crippen MR) is 162 cm³/mol. The minimum atomic E-state index is -5.63. The molecule has 250 valence electrons. The number of halogens is 5. The van der Waals surface area contributed by atoms with Crippen molar-refractivity contribution in [2.24, 2.45) is 5.92 Å². The molecule has 3 atom stereocenters. The van der Waals surface area contributed by atoms with Crippen LogP contribution in [0.15, 0.2) is 66.7 Å². The minimum Gasteiger partial charge on any atom is -0.508 e. The average molecular weight is 651 g/mol. The number of ether oxygens (including phenoxy) is 2. The van der Waals surface area contributed by atoms with E-state index in [9.17, 15) is 42.1 Å². The summed E-state index contributed by atoms with van der Waals surface area (Å²) in [4.78, 5) is 11.4. The van der Waals surface area contributed by atoms with Crippen LogP contribution in [0.25, 0.3) is 0 Å². The normalized spacial score (nSPS) is 18.8. The van der Waals surface area contributed by atoms with Crippen LogP contribution in [-0.4, -0.2) is 46.6 Å². The second kappa shape index (κ2) is 14.6. The molecule has 0 fully saturated rings. The first-order chi connectivity index (χ1) is 21.7. The number of aromatic hydroxyl groups is 2. The lowest BCUT2D eigenvalue weighted by atomic mass is 9.65. The molecular formula is C35H39F5O6. The number of hydrogen-bond acceptors (Lipinski definition) is 5. The second-order valence-electron chi connectivity index (χ2n) is 12.2. The van der Waals surface area contributed by atoms with Gasteiger partial charge in [-0.25, -0.2) is 0 Å². The number of alkyl halides is 5. The van der Waals surface area contributed by atoms with Gasteiger partial charge in [-0.3, -0.25) is 4.79 Å². The van der Waals surface area contributed by atoms with Crippen LogP contribution in [0.2, 0.25) is 0 Å². The number of fused-ring (bicyclic) bond motifs is 1. The summed E-state index contributed by atoms with van der Waals surface area (Å²) in [5, 5.41) is 29.2. The molecule has 0 aliphatic carbocycles. The van der Waals surface area contributed by atoms with Crippen LogP contribution in [0.1, 0.15) is 80.9 Å². The van der Waals surface area contributed by atoms with Crippen molar-refractivity contribution < 1.29 is 51.5 Å². The van der Waals surface area contributed by atoms with E-state index >= 15 is 0 Å². The smallest absolute Gasteiger partial charge is 0.453 e. The van der Waals surface area contributed by atoms with Gasteiger partial charge in [0.15, 0.2) is 0 Å². The minimum absolute atomic E-state index is 0.114. The Labute approximate surface area is 264 Å². The van der Waals surface area contributed by atoms with E-state index in [0.717, 1.165) is 23.1 Å². The first-order valence-electron chi connectivity index (χ1n) is 15.4. The third-order valence-electron chi connectivity index (χ3n) is 8.74. The number of benzene rings is 3. The molecule has 46 heavy (non-hydrogen) atoms. The number of rotatable bonds is 15. The highest BCUT2D eigenvalue weighted by Crippen LogP contribution is 2.51. The van der Waals surface area contributed by atoms with Gasteiger partial charge in [-0.2, -0.15) is 22.0 Å². The lowest BCUT2D eigenvalue weighted by molar-refractivity contribution is -0.284. The molecular weight excluding hydrogens is 611 g/mol. The molecule has 1 heterocycles. The molecule has 0 amide bonds. The zero-order chi connectivity index (χ0) is 33.5. The molecule has 0 aromatic heterocycles. The van der Waals surface area contributed by atoms with E-state index in [1.165, 1.54) is 0 Å². The molecule has 0 saturated heterocycles. The first kappa shape index (κ1) is 34.8. The van der Waals surface area contributed by atoms with Crippen LogP contribution in [0, 0.1) is 5.92 Å². The fourth-order valence-electron chi connectivity index (χ4n) is 6.08. The maximum Gasteiger partial charge on any atom is 0.453 e. The summed E-state index contributed by atoms with van der Waals surface area (Å²) >= 11 is 0. The first-order valence-corrected chi connectivity index (χ1v) is 15.4. The Kier molecular flexibility index (Phi) is 11.1. The Morgan fingerprint density at radius 2 is 1.52 bits per heavy atom. The number of carbonyl (C=O) groups is 1. The Bertz CT molecular complexity index is 1440. The van der Waals surface area contributed by atoms with E-state index in [1.807, 2.05) is 42.5 Å². The van der Waals surface area contributed by atoms with Crippen LogP contribution in [-0.2, 0) is 10.2 Å². The van der Waals surface area contributed by atoms with E-state index in [1.54, 1.807) is 24.3 Å². The molecule has 0 radical (unpaired) electrons. The van der Waals surface area contributed by atoms with Gasteiger partial charge in [-0.15, -0.1) is 0 Å². The van der Waals surface area contributed by atoms with E-state index < -0.39 is 42.2 Å². The number of phenols is 2. The highest BCUT2D eigenvalue weighted by Gasteiger charge is 2.56. The fraction of sp³-hybridized carbons (Fsp3) is 0.457. The van der Waals surface area contributed by atoms with Crippen molar-refractivity contribution in [3.05, 3.63) is 83.4 Å². The number of carboxylic acid groups (broad SMARTS) is 1. The van der Waals surface area contributed by atoms with Crippen LogP contribution in [0.3, 0.4) is 0 Å². The molecule has 0 spiro atoms. The molecule has 3 unspecified atom stereocenters. The number of carboxylic acids is 1. The molecule has 3 N–H and O–H groups in total. The van der Waals surface area contributed by atoms with Crippen molar-refractivity contribution in [1.82, 2.24) is 0 Å². The molecule has 0 saturated carbocycles. The van der Waals surface area contributed by atoms with Gasteiger partial charge < -0.3 is 24.8 Å². The van der Waals surface area contributed by atoms with Gasteiger partial charge in [0, 0.05) is 29.4 Å². The molecule has 6 nitrogen and oxygen atoms in total. The summed E-state index contributed by atoms with van der Waals surface area (Å²) in [5.41, 5.74) is 2.46. The topological polar surface area (TPSA) is 96.2 Å². The summed E-state index contributed by atoms with van der Waals surface area (Å²) in [6, 6.07) is 20.0. The summed E-state index contributed by atoms with van der Waals surface area (Å²) < 4.78 is 75.2. The largest absolute Gasteiger partial charge is 0.508 e.